The molecule has 0 fully saturated rings. The fourth-order valence-corrected chi connectivity index (χ4v) is 1.82. The Morgan fingerprint density at radius 1 is 0.952 bits per heavy atom. The molecule has 3 heterocycles. The molecule has 3 rings (SSSR count). The molecule has 0 bridgehead atoms. The first-order valence-electron chi connectivity index (χ1n) is 7.47. The van der Waals surface area contributed by atoms with E-state index in [1.54, 1.807) is 18.6 Å². The molecule has 0 N–H and O–H groups in total. The quantitative estimate of drug-likeness (QED) is 0.822. The average Bonchev–Trinajstić information content (AvgIpc) is 3.10. The molecule has 112 valence electrons. The lowest BCUT2D eigenvalue weighted by molar-refractivity contribution is 0.0857. The minimum absolute atomic E-state index is 0.0185. The molecule has 0 aromatic carbocycles. The van der Waals surface area contributed by atoms with Crippen molar-refractivity contribution in [3.8, 4) is 0 Å². The summed E-state index contributed by atoms with van der Waals surface area (Å²) in [5, 5.41) is 4.10. The van der Waals surface area contributed by atoms with E-state index in [9.17, 15) is 0 Å². The van der Waals surface area contributed by atoms with Gasteiger partial charge in [0.05, 0.1) is 5.69 Å². The Bertz CT molecular complexity index is 526. The summed E-state index contributed by atoms with van der Waals surface area (Å²) in [6.45, 7) is 8.00. The smallest absolute Gasteiger partial charge is 0.158 e. The molecule has 4 heteroatoms. The molecular formula is C17H23N3O. The van der Waals surface area contributed by atoms with Crippen molar-refractivity contribution in [1.82, 2.24) is 9.97 Å². The number of hydrogen-bond acceptors (Lipinski definition) is 4. The van der Waals surface area contributed by atoms with Gasteiger partial charge in [-0.05, 0) is 29.8 Å². The first kappa shape index (κ1) is 16.8. The van der Waals surface area contributed by atoms with E-state index >= 15 is 0 Å². The Morgan fingerprint density at radius 2 is 1.67 bits per heavy atom. The number of rotatable bonds is 2. The normalized spacial score (nSPS) is 15.6. The Labute approximate surface area is 126 Å². The molecule has 21 heavy (non-hydrogen) atoms. The van der Waals surface area contributed by atoms with Gasteiger partial charge in [-0.1, -0.05) is 38.9 Å². The van der Waals surface area contributed by atoms with Gasteiger partial charge in [0.2, 0.25) is 0 Å². The largest absolute Gasteiger partial charge is 0.387 e. The van der Waals surface area contributed by atoms with Gasteiger partial charge in [-0.15, -0.1) is 0 Å². The number of hydrogen-bond donors (Lipinski definition) is 0. The van der Waals surface area contributed by atoms with Crippen molar-refractivity contribution in [3.05, 3.63) is 60.2 Å². The highest BCUT2D eigenvalue weighted by molar-refractivity contribution is 5.99. The van der Waals surface area contributed by atoms with Crippen LogP contribution in [0.1, 0.15) is 51.5 Å². The molecule has 0 amide bonds. The second-order valence-corrected chi connectivity index (χ2v) is 3.83. The maximum absolute atomic E-state index is 5.43. The summed E-state index contributed by atoms with van der Waals surface area (Å²) in [7, 11) is 0. The fourth-order valence-electron chi connectivity index (χ4n) is 1.82. The molecule has 1 atom stereocenters. The third-order valence-corrected chi connectivity index (χ3v) is 2.71. The molecule has 0 saturated carbocycles. The maximum atomic E-state index is 5.43. The van der Waals surface area contributed by atoms with E-state index in [4.69, 9.17) is 4.84 Å². The highest BCUT2D eigenvalue weighted by atomic mass is 16.6. The van der Waals surface area contributed by atoms with Gasteiger partial charge in [-0.25, -0.2) is 0 Å². The van der Waals surface area contributed by atoms with Gasteiger partial charge in [0, 0.05) is 25.0 Å². The summed E-state index contributed by atoms with van der Waals surface area (Å²) in [5.41, 5.74) is 2.87. The van der Waals surface area contributed by atoms with Crippen molar-refractivity contribution in [2.45, 2.75) is 40.2 Å². The minimum Gasteiger partial charge on any atom is -0.387 e. The van der Waals surface area contributed by atoms with Crippen molar-refractivity contribution in [2.24, 2.45) is 5.16 Å². The lowest BCUT2D eigenvalue weighted by Crippen LogP contribution is -2.03. The van der Waals surface area contributed by atoms with Crippen molar-refractivity contribution in [2.75, 3.05) is 0 Å². The zero-order valence-corrected chi connectivity index (χ0v) is 13.2. The third-order valence-electron chi connectivity index (χ3n) is 2.71. The molecule has 0 radical (unpaired) electrons. The number of pyridine rings is 2. The van der Waals surface area contributed by atoms with Crippen LogP contribution in [0.15, 0.2) is 54.1 Å². The van der Waals surface area contributed by atoms with Gasteiger partial charge < -0.3 is 4.84 Å². The summed E-state index contributed by atoms with van der Waals surface area (Å²) >= 11 is 0. The molecular weight excluding hydrogens is 262 g/mol. The van der Waals surface area contributed by atoms with Gasteiger partial charge in [-0.3, -0.25) is 9.97 Å². The predicted molar refractivity (Wildman–Crippen MR) is 86.2 cm³/mol. The number of oxime groups is 1. The zero-order chi connectivity index (χ0) is 15.5. The van der Waals surface area contributed by atoms with Gasteiger partial charge >= 0.3 is 0 Å². The van der Waals surface area contributed by atoms with E-state index in [1.165, 1.54) is 0 Å². The molecule has 0 aliphatic carbocycles. The molecule has 1 aliphatic heterocycles. The van der Waals surface area contributed by atoms with Crippen LogP contribution < -0.4 is 0 Å². The van der Waals surface area contributed by atoms with E-state index in [1.807, 2.05) is 58.0 Å². The first-order chi connectivity index (χ1) is 10.4. The van der Waals surface area contributed by atoms with Gasteiger partial charge in [0.25, 0.3) is 0 Å². The van der Waals surface area contributed by atoms with E-state index in [0.29, 0.717) is 0 Å². The average molecular weight is 285 g/mol. The fraction of sp³-hybridized carbons (Fsp3) is 0.353. The lowest BCUT2D eigenvalue weighted by atomic mass is 10.0. The van der Waals surface area contributed by atoms with Crippen molar-refractivity contribution < 1.29 is 4.84 Å². The number of aromatic nitrogens is 2. The lowest BCUT2D eigenvalue weighted by Gasteiger charge is -2.06. The van der Waals surface area contributed by atoms with E-state index in [-0.39, 0.29) is 6.10 Å². The molecule has 1 unspecified atom stereocenters. The molecule has 2 aromatic heterocycles. The van der Waals surface area contributed by atoms with E-state index < -0.39 is 0 Å². The van der Waals surface area contributed by atoms with Crippen LogP contribution in [0.2, 0.25) is 0 Å². The summed E-state index contributed by atoms with van der Waals surface area (Å²) in [5.74, 6) is 0. The summed E-state index contributed by atoms with van der Waals surface area (Å²) in [6, 6.07) is 9.67. The molecule has 2 aromatic rings. The predicted octanol–water partition coefficient (Wildman–Crippen LogP) is 4.39. The van der Waals surface area contributed by atoms with Crippen LogP contribution in [0.3, 0.4) is 0 Å². The Balaban J connectivity index is 0.000000510. The van der Waals surface area contributed by atoms with Crippen LogP contribution in [-0.4, -0.2) is 15.7 Å². The minimum atomic E-state index is -0.0185. The molecule has 0 spiro atoms. The Kier molecular flexibility index (Phi) is 7.72. The molecule has 4 nitrogen and oxygen atoms in total. The van der Waals surface area contributed by atoms with Crippen LogP contribution in [0.4, 0.5) is 0 Å². The summed E-state index contributed by atoms with van der Waals surface area (Å²) in [6.07, 6.45) is 6.02. The topological polar surface area (TPSA) is 47.4 Å². The highest BCUT2D eigenvalue weighted by Gasteiger charge is 2.24. The number of nitrogens with zero attached hydrogens (tertiary/aromatic N) is 3. The Hall–Kier alpha value is -2.23. The van der Waals surface area contributed by atoms with Gasteiger partial charge in [0.15, 0.2) is 6.10 Å². The second kappa shape index (κ2) is 9.64. The SMILES string of the molecule is CC.CC.c1ccc(C2=NOC(c3ccncc3)C2)nc1. The highest BCUT2D eigenvalue weighted by Crippen LogP contribution is 2.28. The first-order valence-corrected chi connectivity index (χ1v) is 7.47. The van der Waals surface area contributed by atoms with Crippen molar-refractivity contribution in [1.29, 1.82) is 0 Å². The summed E-state index contributed by atoms with van der Waals surface area (Å²) < 4.78 is 0. The second-order valence-electron chi connectivity index (χ2n) is 3.83. The van der Waals surface area contributed by atoms with E-state index in [0.717, 1.165) is 23.4 Å². The zero-order valence-electron chi connectivity index (χ0n) is 13.2. The van der Waals surface area contributed by atoms with E-state index in [2.05, 4.69) is 15.1 Å². The van der Waals surface area contributed by atoms with Gasteiger partial charge in [-0.2, -0.15) is 0 Å². The Morgan fingerprint density at radius 3 is 2.29 bits per heavy atom. The molecule has 0 saturated heterocycles. The van der Waals surface area contributed by atoms with Crippen LogP contribution in [0.5, 0.6) is 0 Å². The van der Waals surface area contributed by atoms with Crippen LogP contribution in [0.25, 0.3) is 0 Å². The maximum Gasteiger partial charge on any atom is 0.158 e. The van der Waals surface area contributed by atoms with Crippen molar-refractivity contribution in [3.63, 3.8) is 0 Å². The summed E-state index contributed by atoms with van der Waals surface area (Å²) in [4.78, 5) is 13.7. The standard InChI is InChI=1S/C13H11N3O.2C2H6/c1-2-6-15-11(3-1)12-9-13(17-16-12)10-4-7-14-8-5-10;2*1-2/h1-8,13H,9H2;2*1-2H3. The van der Waals surface area contributed by atoms with Crippen LogP contribution in [0, 0.1) is 0 Å². The van der Waals surface area contributed by atoms with Gasteiger partial charge in [0.1, 0.15) is 5.71 Å². The van der Waals surface area contributed by atoms with Crippen LogP contribution >= 0.6 is 0 Å². The monoisotopic (exact) mass is 285 g/mol. The molecule has 1 aliphatic rings. The third kappa shape index (κ3) is 4.67. The van der Waals surface area contributed by atoms with Crippen LogP contribution in [-0.2, 0) is 4.84 Å². The van der Waals surface area contributed by atoms with Crippen molar-refractivity contribution >= 4 is 5.71 Å².